The molecule has 0 saturated heterocycles. The molecule has 138 valence electrons. The summed E-state index contributed by atoms with van der Waals surface area (Å²) in [6.45, 7) is 6.78. The van der Waals surface area contributed by atoms with Crippen LogP contribution in [0.1, 0.15) is 41.0 Å². The van der Waals surface area contributed by atoms with Crippen molar-refractivity contribution in [3.63, 3.8) is 0 Å². The third-order valence-electron chi connectivity index (χ3n) is 2.82. The maximum atomic E-state index is 9.93. The van der Waals surface area contributed by atoms with Gasteiger partial charge in [-0.1, -0.05) is 26.7 Å². The predicted molar refractivity (Wildman–Crippen MR) is 86.4 cm³/mol. The zero-order chi connectivity index (χ0) is 18.2. The molecule has 2 N–H and O–H groups in total. The number of benzene rings is 1. The molecule has 0 radical (unpaired) electrons. The summed E-state index contributed by atoms with van der Waals surface area (Å²) in [5, 5.41) is 0. The van der Waals surface area contributed by atoms with Gasteiger partial charge in [0.25, 0.3) is 0 Å². The molecular weight excluding hydrogens is 432 g/mol. The first-order valence-electron chi connectivity index (χ1n) is 7.39. The first-order chi connectivity index (χ1) is 10.2. The van der Waals surface area contributed by atoms with Gasteiger partial charge in [0.1, 0.15) is 0 Å². The standard InChI is InChI=1S/C14H24N2.6FH.Sb/c1-3-5-11-16(12-6-4-2)14-9-7-13(15)8-10-14;;;;;;;/h7-10H,3-6,11-12,15H2,1-2H3;6*1H;/q;;;;;;;+5/p-5. The van der Waals surface area contributed by atoms with Crippen LogP contribution in [-0.2, 0) is 0 Å². The van der Waals surface area contributed by atoms with Gasteiger partial charge in [-0.2, -0.15) is 0 Å². The summed E-state index contributed by atoms with van der Waals surface area (Å²) in [6, 6.07) is 8.22. The van der Waals surface area contributed by atoms with E-state index in [2.05, 4.69) is 30.9 Å². The Morgan fingerprint density at radius 2 is 1.22 bits per heavy atom. The first-order valence-corrected chi connectivity index (χ1v) is 13.2. The second kappa shape index (κ2) is 7.86. The van der Waals surface area contributed by atoms with Crippen LogP contribution in [0.4, 0.5) is 28.3 Å². The van der Waals surface area contributed by atoms with Crippen LogP contribution in [0.5, 0.6) is 0 Å². The molecule has 1 aromatic rings. The van der Waals surface area contributed by atoms with Crippen molar-refractivity contribution in [2.45, 2.75) is 39.5 Å². The number of anilines is 2. The van der Waals surface area contributed by atoms with Gasteiger partial charge in [0.15, 0.2) is 0 Å². The maximum absolute atomic E-state index is 11.2. The third-order valence-corrected chi connectivity index (χ3v) is 2.82. The van der Waals surface area contributed by atoms with Gasteiger partial charge in [-0.3, -0.25) is 0 Å². The second-order valence-corrected chi connectivity index (χ2v) is 10.7. The minimum absolute atomic E-state index is 0. The molecule has 0 fully saturated rings. The Hall–Kier alpha value is -0.782. The molecule has 0 aliphatic heterocycles. The van der Waals surface area contributed by atoms with Crippen molar-refractivity contribution in [2.75, 3.05) is 23.7 Å². The molecule has 0 amide bonds. The third kappa shape index (κ3) is 17.4. The van der Waals surface area contributed by atoms with E-state index in [0.717, 1.165) is 18.8 Å². The summed E-state index contributed by atoms with van der Waals surface area (Å²) < 4.78 is 59.6. The van der Waals surface area contributed by atoms with Crippen molar-refractivity contribution < 1.29 is 18.3 Å². The number of nitrogen functional groups attached to an aromatic ring is 1. The number of halogens is 6. The molecule has 2 nitrogen and oxygen atoms in total. The van der Waals surface area contributed by atoms with Crippen LogP contribution in [0.3, 0.4) is 0 Å². The van der Waals surface area contributed by atoms with Gasteiger partial charge in [-0.25, -0.2) is 0 Å². The Morgan fingerprint density at radius 3 is 1.52 bits per heavy atom. The van der Waals surface area contributed by atoms with E-state index < -0.39 is 19.5 Å². The zero-order valence-corrected chi connectivity index (χ0v) is 15.8. The van der Waals surface area contributed by atoms with E-state index in [0.29, 0.717) is 0 Å². The van der Waals surface area contributed by atoms with Crippen LogP contribution in [0, 0.1) is 0 Å². The largest absolute Gasteiger partial charge is 1.00 e. The summed E-state index contributed by atoms with van der Waals surface area (Å²) in [5.74, 6) is 0. The molecule has 0 bridgehead atoms. The van der Waals surface area contributed by atoms with Crippen molar-refractivity contribution in [1.82, 2.24) is 0 Å². The molecule has 0 atom stereocenters. The number of nitrogens with zero attached hydrogens (tertiary/aromatic N) is 1. The number of hydrogen-bond donors (Lipinski definition) is 1. The Labute approximate surface area is 137 Å². The summed E-state index contributed by atoms with van der Waals surface area (Å²) in [7, 11) is 0. The molecule has 1 rings (SSSR count). The Bertz CT molecular complexity index is 444. The van der Waals surface area contributed by atoms with Crippen LogP contribution in [0.25, 0.3) is 0 Å². The molecule has 0 unspecified atom stereocenters. The molecule has 1 aromatic carbocycles. The fourth-order valence-electron chi connectivity index (χ4n) is 1.75. The Kier molecular flexibility index (Phi) is 7.59. The van der Waals surface area contributed by atoms with E-state index >= 15 is 0 Å². The average molecular weight is 457 g/mol. The van der Waals surface area contributed by atoms with E-state index in [4.69, 9.17) is 5.73 Å². The minimum Gasteiger partial charge on any atom is 1.00 e. The van der Waals surface area contributed by atoms with Gasteiger partial charge >= 0.3 is 37.8 Å². The van der Waals surface area contributed by atoms with Crippen molar-refractivity contribution in [3.8, 4) is 0 Å². The van der Waals surface area contributed by atoms with Crippen LogP contribution in [-0.4, -0.2) is 32.6 Å². The van der Waals surface area contributed by atoms with Gasteiger partial charge in [0.2, 0.25) is 0 Å². The summed E-state index contributed by atoms with van der Waals surface area (Å²) in [5.41, 5.74) is 7.85. The van der Waals surface area contributed by atoms with E-state index in [1.807, 2.05) is 12.1 Å². The molecular formula is C14H25F6N2Sb. The summed E-state index contributed by atoms with van der Waals surface area (Å²) in [4.78, 5) is 2.46. The van der Waals surface area contributed by atoms with Gasteiger partial charge in [0, 0.05) is 24.5 Å². The van der Waals surface area contributed by atoms with Crippen molar-refractivity contribution >= 4 is 30.8 Å². The summed E-state index contributed by atoms with van der Waals surface area (Å²) in [6.07, 6.45) is 5.01. The number of hydrogen-bond acceptors (Lipinski definition) is 2. The number of rotatable bonds is 7. The first kappa shape index (κ1) is 22.2. The summed E-state index contributed by atoms with van der Waals surface area (Å²) >= 11 is -11.2. The van der Waals surface area contributed by atoms with Crippen LogP contribution in [0.15, 0.2) is 24.3 Å². The van der Waals surface area contributed by atoms with Crippen LogP contribution >= 0.6 is 0 Å². The van der Waals surface area contributed by atoms with Crippen molar-refractivity contribution in [1.29, 1.82) is 0 Å². The molecule has 0 aliphatic rings. The second-order valence-electron chi connectivity index (χ2n) is 5.24. The Morgan fingerprint density at radius 1 is 0.870 bits per heavy atom. The van der Waals surface area contributed by atoms with Gasteiger partial charge in [-0.05, 0) is 37.1 Å². The number of unbranched alkanes of at least 4 members (excludes halogenated alkanes) is 2. The molecule has 23 heavy (non-hydrogen) atoms. The monoisotopic (exact) mass is 456 g/mol. The van der Waals surface area contributed by atoms with Crippen molar-refractivity contribution in [2.24, 2.45) is 0 Å². The van der Waals surface area contributed by atoms with Crippen molar-refractivity contribution in [3.05, 3.63) is 24.3 Å². The van der Waals surface area contributed by atoms with Gasteiger partial charge in [0.05, 0.1) is 0 Å². The average Bonchev–Trinajstić information content (AvgIpc) is 2.37. The zero-order valence-electron chi connectivity index (χ0n) is 14.3. The van der Waals surface area contributed by atoms with E-state index in [1.165, 1.54) is 31.4 Å². The van der Waals surface area contributed by atoms with Crippen LogP contribution in [0.2, 0.25) is 0 Å². The smallest absolute Gasteiger partial charge is 1.00 e. The molecule has 9 heteroatoms. The van der Waals surface area contributed by atoms with E-state index in [1.54, 1.807) is 0 Å². The predicted octanol–water partition coefficient (Wildman–Crippen LogP) is 5.93. The molecule has 0 saturated carbocycles. The SMILES string of the molecule is CCCCN(CCCC)c1ccc(N)cc1.[F][Sb-]([F])([F])([F])([F])[F].[H+]. The number of nitrogens with two attached hydrogens (primary N) is 1. The Balaban J connectivity index is 0. The van der Waals surface area contributed by atoms with E-state index in [-0.39, 0.29) is 1.43 Å². The van der Waals surface area contributed by atoms with E-state index in [9.17, 15) is 16.9 Å². The maximum Gasteiger partial charge on any atom is 1.00 e. The molecule has 0 heterocycles. The fourth-order valence-corrected chi connectivity index (χ4v) is 1.75. The van der Waals surface area contributed by atoms with Gasteiger partial charge in [-0.15, -0.1) is 0 Å². The molecule has 0 spiro atoms. The topological polar surface area (TPSA) is 29.3 Å². The normalized spacial score (nSPS) is 14.3. The van der Waals surface area contributed by atoms with Crippen LogP contribution < -0.4 is 10.6 Å². The minimum atomic E-state index is -11.2. The quantitative estimate of drug-likeness (QED) is 0.313. The van der Waals surface area contributed by atoms with Gasteiger partial charge < -0.3 is 10.6 Å². The molecule has 0 aliphatic carbocycles. The fraction of sp³-hybridized carbons (Fsp3) is 0.571. The molecule has 0 aromatic heterocycles.